The average Bonchev–Trinajstić information content (AvgIpc) is 3.27. The number of rotatable bonds is 7. The van der Waals surface area contributed by atoms with Gasteiger partial charge in [-0.3, -0.25) is 4.90 Å². The summed E-state index contributed by atoms with van der Waals surface area (Å²) >= 11 is 0. The molecular weight excluding hydrogens is 488 g/mol. The predicted molar refractivity (Wildman–Crippen MR) is 150 cm³/mol. The third-order valence-electron chi connectivity index (χ3n) is 8.74. The van der Waals surface area contributed by atoms with Crippen molar-refractivity contribution in [2.24, 2.45) is 0 Å². The van der Waals surface area contributed by atoms with Gasteiger partial charge >= 0.3 is 12.1 Å². The quantitative estimate of drug-likeness (QED) is 0.382. The molecule has 0 radical (unpaired) electrons. The first kappa shape index (κ1) is 25.6. The van der Waals surface area contributed by atoms with Crippen LogP contribution < -0.4 is 5.32 Å². The lowest BCUT2D eigenvalue weighted by atomic mass is 9.73. The van der Waals surface area contributed by atoms with Crippen LogP contribution in [0.3, 0.4) is 0 Å². The highest BCUT2D eigenvalue weighted by atomic mass is 16.6. The van der Waals surface area contributed by atoms with Crippen molar-refractivity contribution >= 4 is 12.1 Å². The van der Waals surface area contributed by atoms with E-state index in [9.17, 15) is 9.59 Å². The van der Waals surface area contributed by atoms with Gasteiger partial charge in [0.2, 0.25) is 0 Å². The lowest BCUT2D eigenvalue weighted by Crippen LogP contribution is -2.66. The Kier molecular flexibility index (Phi) is 7.13. The molecule has 3 aliphatic rings. The maximum absolute atomic E-state index is 13.4. The number of hydrogen-bond donors (Lipinski definition) is 1. The van der Waals surface area contributed by atoms with Crippen LogP contribution in [0.4, 0.5) is 4.79 Å². The number of hydrogen-bond acceptors (Lipinski definition) is 5. The minimum Gasteiger partial charge on any atom is -0.464 e. The molecule has 6 nitrogen and oxygen atoms in total. The van der Waals surface area contributed by atoms with Gasteiger partial charge in [-0.25, -0.2) is 9.59 Å². The van der Waals surface area contributed by atoms with Crippen molar-refractivity contribution in [3.8, 4) is 11.1 Å². The molecule has 6 heteroatoms. The zero-order valence-electron chi connectivity index (χ0n) is 22.5. The second-order valence-electron chi connectivity index (χ2n) is 11.1. The number of ether oxygens (including phenoxy) is 2. The topological polar surface area (TPSA) is 67.9 Å². The van der Waals surface area contributed by atoms with Crippen LogP contribution in [0.15, 0.2) is 78.9 Å². The number of amides is 1. The summed E-state index contributed by atoms with van der Waals surface area (Å²) in [6.07, 6.45) is 3.62. The Bertz CT molecular complexity index is 1280. The van der Waals surface area contributed by atoms with Crippen molar-refractivity contribution in [1.82, 2.24) is 10.2 Å². The van der Waals surface area contributed by atoms with E-state index in [0.717, 1.165) is 36.9 Å². The van der Waals surface area contributed by atoms with E-state index in [4.69, 9.17) is 9.47 Å². The fourth-order valence-electron chi connectivity index (χ4n) is 7.02. The molecule has 2 bridgehead atoms. The molecule has 202 valence electrons. The Balaban J connectivity index is 1.19. The standard InChI is InChI=1S/C33H36N2O4/c1-2-38-31(36)33(19-24-13-10-14-25(20-33)35(24)21-23-11-4-3-5-12-23)34-32(37)39-22-30-28-17-8-6-15-26(28)27-16-7-9-18-29(27)30/h3-9,11-12,15-18,24-25,30H,2,10,13-14,19-22H2,1H3,(H,34,37). The highest BCUT2D eigenvalue weighted by molar-refractivity contribution is 5.86. The number of esters is 1. The molecule has 3 aromatic rings. The molecule has 2 aliphatic heterocycles. The lowest BCUT2D eigenvalue weighted by Gasteiger charge is -2.52. The SMILES string of the molecule is CCOC(=O)C1(NC(=O)OCC2c3ccccc3-c3ccccc32)CC2CCCC(C1)N2Cc1ccccc1. The summed E-state index contributed by atoms with van der Waals surface area (Å²) in [7, 11) is 0. The van der Waals surface area contributed by atoms with Crippen molar-refractivity contribution in [3.05, 3.63) is 95.6 Å². The van der Waals surface area contributed by atoms with E-state index < -0.39 is 11.6 Å². The van der Waals surface area contributed by atoms with E-state index in [-0.39, 0.29) is 37.2 Å². The maximum atomic E-state index is 13.4. The minimum atomic E-state index is -1.08. The highest BCUT2D eigenvalue weighted by Crippen LogP contribution is 2.45. The van der Waals surface area contributed by atoms with Gasteiger partial charge in [-0.1, -0.05) is 85.3 Å². The highest BCUT2D eigenvalue weighted by Gasteiger charge is 2.52. The van der Waals surface area contributed by atoms with Gasteiger partial charge in [-0.05, 0) is 60.4 Å². The smallest absolute Gasteiger partial charge is 0.408 e. The number of piperidine rings is 2. The van der Waals surface area contributed by atoms with Crippen LogP contribution >= 0.6 is 0 Å². The van der Waals surface area contributed by atoms with E-state index in [1.165, 1.54) is 16.7 Å². The van der Waals surface area contributed by atoms with Crippen molar-refractivity contribution in [2.45, 2.75) is 69.1 Å². The minimum absolute atomic E-state index is 0.0335. The number of nitrogens with zero attached hydrogens (tertiary/aromatic N) is 1. The Morgan fingerprint density at radius 2 is 1.44 bits per heavy atom. The second-order valence-corrected chi connectivity index (χ2v) is 11.1. The Hall–Kier alpha value is -3.64. The van der Waals surface area contributed by atoms with Crippen molar-refractivity contribution < 1.29 is 19.1 Å². The van der Waals surface area contributed by atoms with Crippen molar-refractivity contribution in [2.75, 3.05) is 13.2 Å². The number of carbonyl (C=O) groups is 2. The van der Waals surface area contributed by atoms with Crippen LogP contribution in [0.2, 0.25) is 0 Å². The summed E-state index contributed by atoms with van der Waals surface area (Å²) in [6, 6.07) is 27.4. The third-order valence-corrected chi connectivity index (χ3v) is 8.74. The van der Waals surface area contributed by atoms with Crippen molar-refractivity contribution in [3.63, 3.8) is 0 Å². The van der Waals surface area contributed by atoms with Gasteiger partial charge in [0.25, 0.3) is 0 Å². The monoisotopic (exact) mass is 524 g/mol. The predicted octanol–water partition coefficient (Wildman–Crippen LogP) is 6.04. The molecule has 2 unspecified atom stereocenters. The number of nitrogens with one attached hydrogen (secondary N) is 1. The first-order valence-corrected chi connectivity index (χ1v) is 14.2. The average molecular weight is 525 g/mol. The maximum Gasteiger partial charge on any atom is 0.408 e. The zero-order valence-corrected chi connectivity index (χ0v) is 22.5. The Labute approximate surface area is 230 Å². The zero-order chi connectivity index (χ0) is 26.8. The number of carbonyl (C=O) groups excluding carboxylic acids is 2. The molecule has 0 aromatic heterocycles. The van der Waals surface area contributed by atoms with E-state index in [1.807, 2.05) is 37.3 Å². The third kappa shape index (κ3) is 4.94. The van der Waals surface area contributed by atoms with Crippen LogP contribution in [0.1, 0.15) is 61.6 Å². The summed E-state index contributed by atoms with van der Waals surface area (Å²) in [4.78, 5) is 29.3. The Morgan fingerprint density at radius 1 is 0.846 bits per heavy atom. The van der Waals surface area contributed by atoms with Crippen LogP contribution in [0, 0.1) is 0 Å². The van der Waals surface area contributed by atoms with Crippen LogP contribution in [0.25, 0.3) is 11.1 Å². The first-order valence-electron chi connectivity index (χ1n) is 14.2. The van der Waals surface area contributed by atoms with Crippen molar-refractivity contribution in [1.29, 1.82) is 0 Å². The molecule has 2 saturated heterocycles. The molecule has 6 rings (SSSR count). The fraction of sp³-hybridized carbons (Fsp3) is 0.394. The van der Waals surface area contributed by atoms with Gasteiger partial charge in [-0.15, -0.1) is 0 Å². The summed E-state index contributed by atoms with van der Waals surface area (Å²) in [5.74, 6) is -0.386. The Morgan fingerprint density at radius 3 is 2.05 bits per heavy atom. The molecule has 1 aliphatic carbocycles. The van der Waals surface area contributed by atoms with Gasteiger partial charge in [0.05, 0.1) is 6.61 Å². The lowest BCUT2D eigenvalue weighted by molar-refractivity contribution is -0.157. The summed E-state index contributed by atoms with van der Waals surface area (Å²) in [5.41, 5.74) is 4.88. The van der Waals surface area contributed by atoms with Crippen LogP contribution in [0.5, 0.6) is 0 Å². The first-order chi connectivity index (χ1) is 19.1. The second kappa shape index (κ2) is 10.9. The van der Waals surface area contributed by atoms with Crippen LogP contribution in [-0.4, -0.2) is 47.8 Å². The number of alkyl carbamates (subject to hydrolysis) is 1. The molecule has 2 fully saturated rings. The van der Waals surface area contributed by atoms with E-state index >= 15 is 0 Å². The molecule has 2 atom stereocenters. The van der Waals surface area contributed by atoms with E-state index in [1.54, 1.807) is 0 Å². The molecule has 1 amide bonds. The molecule has 39 heavy (non-hydrogen) atoms. The van der Waals surface area contributed by atoms with Crippen LogP contribution in [-0.2, 0) is 20.8 Å². The molecule has 0 spiro atoms. The molecule has 3 aromatic carbocycles. The molecule has 1 N–H and O–H groups in total. The number of fused-ring (bicyclic) bond motifs is 5. The summed E-state index contributed by atoms with van der Waals surface area (Å²) in [5, 5.41) is 3.04. The van der Waals surface area contributed by atoms with Gasteiger partial charge in [0.1, 0.15) is 12.1 Å². The van der Waals surface area contributed by atoms with Gasteiger partial charge in [0.15, 0.2) is 0 Å². The normalized spacial score (nSPS) is 23.9. The summed E-state index contributed by atoms with van der Waals surface area (Å²) in [6.45, 7) is 3.14. The van der Waals surface area contributed by atoms with E-state index in [2.05, 4.69) is 58.7 Å². The largest absolute Gasteiger partial charge is 0.464 e. The van der Waals surface area contributed by atoms with Gasteiger partial charge < -0.3 is 14.8 Å². The number of benzene rings is 3. The summed E-state index contributed by atoms with van der Waals surface area (Å²) < 4.78 is 11.4. The van der Waals surface area contributed by atoms with Gasteiger partial charge in [-0.2, -0.15) is 0 Å². The fourth-order valence-corrected chi connectivity index (χ4v) is 7.02. The van der Waals surface area contributed by atoms with Gasteiger partial charge in [0, 0.05) is 24.5 Å². The molecular formula is C33H36N2O4. The molecule has 0 saturated carbocycles. The molecule has 2 heterocycles. The van der Waals surface area contributed by atoms with E-state index in [0.29, 0.717) is 12.8 Å².